The number of pyridine rings is 2. The van der Waals surface area contributed by atoms with Crippen molar-refractivity contribution in [3.63, 3.8) is 0 Å². The molecule has 3 fully saturated rings. The van der Waals surface area contributed by atoms with E-state index in [1.54, 1.807) is 5.56 Å². The van der Waals surface area contributed by atoms with Crippen LogP contribution in [0.2, 0.25) is 0 Å². The van der Waals surface area contributed by atoms with E-state index in [4.69, 9.17) is 14.4 Å². The highest BCUT2D eigenvalue weighted by Gasteiger charge is 2.66. The van der Waals surface area contributed by atoms with Gasteiger partial charge in [0.05, 0.1) is 34.3 Å². The normalized spacial score (nSPS) is 28.6. The van der Waals surface area contributed by atoms with E-state index in [0.29, 0.717) is 17.3 Å². The largest absolute Gasteiger partial charge is 0.455 e. The van der Waals surface area contributed by atoms with Gasteiger partial charge in [0, 0.05) is 44.2 Å². The number of aromatic nitrogens is 3. The van der Waals surface area contributed by atoms with Crippen LogP contribution in [0.4, 0.5) is 0 Å². The second kappa shape index (κ2) is 6.53. The molecule has 3 saturated carbocycles. The number of benzene rings is 2. The highest BCUT2D eigenvalue weighted by atomic mass is 16.3. The molecule has 0 aliphatic heterocycles. The van der Waals surface area contributed by atoms with Crippen molar-refractivity contribution in [2.24, 2.45) is 17.3 Å². The van der Waals surface area contributed by atoms with E-state index in [-0.39, 0.29) is 5.41 Å². The zero-order valence-corrected chi connectivity index (χ0v) is 24.1. The fourth-order valence-electron chi connectivity index (χ4n) is 11.1. The van der Waals surface area contributed by atoms with Crippen LogP contribution in [0.25, 0.3) is 60.0 Å². The van der Waals surface area contributed by atoms with Crippen LogP contribution in [0.3, 0.4) is 0 Å². The first-order valence-electron chi connectivity index (χ1n) is 15.7. The average molecular weight is 536 g/mol. The molecule has 7 aromatic rings. The summed E-state index contributed by atoms with van der Waals surface area (Å²) in [4.78, 5) is 10.4. The third-order valence-corrected chi connectivity index (χ3v) is 12.4. The molecule has 5 aromatic heterocycles. The summed E-state index contributed by atoms with van der Waals surface area (Å²) < 4.78 is 9.27. The lowest BCUT2D eigenvalue weighted by Gasteiger charge is -2.48. The van der Waals surface area contributed by atoms with Crippen LogP contribution in [-0.2, 0) is 5.41 Å². The number of nitrogens with zero attached hydrogens (tertiary/aromatic N) is 3. The standard InChI is InChI=1S/C37H33N3O/c1-17-32(36(2,3)4)30-26(15-38-17)40-25-16-39-33-19-10-21-11-20-9-18(13-37(20,21)14-19)28(33)29(25)24-12-23-22-7-5-6-8-27(22)41-35(23)31(30)34(24)40/h5-8,12,15-16,18-21H,9-11,13-14H2,1-4H3. The molecule has 0 N–H and O–H groups in total. The van der Waals surface area contributed by atoms with Crippen LogP contribution >= 0.6 is 0 Å². The molecule has 3 bridgehead atoms. The first-order chi connectivity index (χ1) is 19.8. The van der Waals surface area contributed by atoms with Crippen molar-refractivity contribution >= 4 is 60.0 Å². The van der Waals surface area contributed by atoms with Gasteiger partial charge in [0.25, 0.3) is 0 Å². The average Bonchev–Trinajstić information content (AvgIpc) is 3.69. The Morgan fingerprint density at radius 1 is 0.854 bits per heavy atom. The molecule has 2 aromatic carbocycles. The lowest BCUT2D eigenvalue weighted by Crippen LogP contribution is -2.41. The minimum absolute atomic E-state index is 0.0592. The number of furan rings is 1. The predicted octanol–water partition coefficient (Wildman–Crippen LogP) is 9.52. The molecule has 4 heteroatoms. The van der Waals surface area contributed by atoms with Crippen molar-refractivity contribution in [3.05, 3.63) is 65.2 Å². The van der Waals surface area contributed by atoms with E-state index in [9.17, 15) is 0 Å². The maximum absolute atomic E-state index is 6.77. The maximum Gasteiger partial charge on any atom is 0.145 e. The fourth-order valence-corrected chi connectivity index (χ4v) is 11.1. The molecule has 202 valence electrons. The summed E-state index contributed by atoms with van der Waals surface area (Å²) in [6, 6.07) is 11.0. The lowest BCUT2D eigenvalue weighted by atomic mass is 9.56. The Morgan fingerprint density at radius 2 is 1.61 bits per heavy atom. The smallest absolute Gasteiger partial charge is 0.145 e. The molecular formula is C37H33N3O. The van der Waals surface area contributed by atoms with Gasteiger partial charge in [0.1, 0.15) is 11.2 Å². The summed E-state index contributed by atoms with van der Waals surface area (Å²) in [7, 11) is 0. The van der Waals surface area contributed by atoms with Crippen molar-refractivity contribution < 1.29 is 4.42 Å². The number of rotatable bonds is 0. The Bertz CT molecular complexity index is 2330. The molecule has 4 aliphatic rings. The third kappa shape index (κ3) is 2.27. The molecule has 5 unspecified atom stereocenters. The first-order valence-corrected chi connectivity index (χ1v) is 15.7. The zero-order chi connectivity index (χ0) is 27.2. The van der Waals surface area contributed by atoms with Crippen LogP contribution < -0.4 is 0 Å². The molecule has 41 heavy (non-hydrogen) atoms. The Morgan fingerprint density at radius 3 is 2.46 bits per heavy atom. The molecule has 4 aliphatic carbocycles. The Kier molecular flexibility index (Phi) is 3.51. The summed E-state index contributed by atoms with van der Waals surface area (Å²) in [6.07, 6.45) is 11.3. The van der Waals surface area contributed by atoms with E-state index in [1.165, 1.54) is 92.2 Å². The monoisotopic (exact) mass is 535 g/mol. The third-order valence-electron chi connectivity index (χ3n) is 12.4. The van der Waals surface area contributed by atoms with Gasteiger partial charge in [0.2, 0.25) is 0 Å². The Hall–Kier alpha value is -3.66. The number of hydrogen-bond donors (Lipinski definition) is 0. The number of hydrogen-bond acceptors (Lipinski definition) is 3. The zero-order valence-electron chi connectivity index (χ0n) is 24.1. The summed E-state index contributed by atoms with van der Waals surface area (Å²) in [5, 5.41) is 7.84. The molecule has 0 radical (unpaired) electrons. The van der Waals surface area contributed by atoms with Crippen molar-refractivity contribution in [2.45, 2.75) is 77.0 Å². The fraction of sp³-hybridized carbons (Fsp3) is 0.405. The highest BCUT2D eigenvalue weighted by Crippen LogP contribution is 2.76. The van der Waals surface area contributed by atoms with Crippen LogP contribution in [-0.4, -0.2) is 14.4 Å². The van der Waals surface area contributed by atoms with E-state index >= 15 is 0 Å². The van der Waals surface area contributed by atoms with Crippen molar-refractivity contribution in [2.75, 3.05) is 0 Å². The highest BCUT2D eigenvalue weighted by molar-refractivity contribution is 6.33. The summed E-state index contributed by atoms with van der Waals surface area (Å²) in [6.45, 7) is 9.11. The molecule has 1 spiro atoms. The second-order valence-electron chi connectivity index (χ2n) is 15.1. The van der Waals surface area contributed by atoms with Crippen LogP contribution in [0.5, 0.6) is 0 Å². The van der Waals surface area contributed by atoms with E-state index < -0.39 is 0 Å². The van der Waals surface area contributed by atoms with Crippen LogP contribution in [0, 0.1) is 24.2 Å². The molecule has 4 nitrogen and oxygen atoms in total. The van der Waals surface area contributed by atoms with E-state index in [0.717, 1.165) is 28.7 Å². The first kappa shape index (κ1) is 22.0. The minimum Gasteiger partial charge on any atom is -0.455 e. The molecule has 0 amide bonds. The van der Waals surface area contributed by atoms with Crippen molar-refractivity contribution in [1.82, 2.24) is 14.4 Å². The van der Waals surface area contributed by atoms with Crippen molar-refractivity contribution in [1.29, 1.82) is 0 Å². The van der Waals surface area contributed by atoms with Crippen molar-refractivity contribution in [3.8, 4) is 0 Å². The lowest BCUT2D eigenvalue weighted by molar-refractivity contribution is 0.00321. The number of aryl methyl sites for hydroxylation is 1. The van der Waals surface area contributed by atoms with Gasteiger partial charge in [0.15, 0.2) is 0 Å². The molecular weight excluding hydrogens is 502 g/mol. The van der Waals surface area contributed by atoms with E-state index in [1.807, 2.05) is 0 Å². The van der Waals surface area contributed by atoms with Gasteiger partial charge in [-0.05, 0) is 90.9 Å². The Balaban J connectivity index is 1.41. The Labute approximate surface area is 238 Å². The molecule has 5 atom stereocenters. The van der Waals surface area contributed by atoms with Gasteiger partial charge < -0.3 is 8.82 Å². The van der Waals surface area contributed by atoms with Gasteiger partial charge >= 0.3 is 0 Å². The topological polar surface area (TPSA) is 43.3 Å². The SMILES string of the molecule is Cc1ncc2c(c1C(C)(C)C)c1c3oc4ccccc4c3cc3c4c5c(ncc4n2c31)C1CC2CC3CC5CC23C1. The quantitative estimate of drug-likeness (QED) is 0.194. The number of fused-ring (bicyclic) bond motifs is 16. The van der Waals surface area contributed by atoms with Crippen LogP contribution in [0.15, 0.2) is 47.1 Å². The molecule has 5 heterocycles. The van der Waals surface area contributed by atoms with Gasteiger partial charge in [-0.25, -0.2) is 0 Å². The van der Waals surface area contributed by atoms with Crippen LogP contribution in [0.1, 0.15) is 87.2 Å². The predicted molar refractivity (Wildman–Crippen MR) is 165 cm³/mol. The second-order valence-corrected chi connectivity index (χ2v) is 15.1. The van der Waals surface area contributed by atoms with Gasteiger partial charge in [-0.15, -0.1) is 0 Å². The maximum atomic E-state index is 6.77. The summed E-state index contributed by atoms with van der Waals surface area (Å²) in [5.74, 6) is 3.17. The summed E-state index contributed by atoms with van der Waals surface area (Å²) in [5.41, 5.74) is 11.7. The van der Waals surface area contributed by atoms with Gasteiger partial charge in [-0.3, -0.25) is 9.97 Å². The van der Waals surface area contributed by atoms with E-state index in [2.05, 4.69) is 74.8 Å². The van der Waals surface area contributed by atoms with Gasteiger partial charge in [-0.2, -0.15) is 0 Å². The molecule has 11 rings (SSSR count). The van der Waals surface area contributed by atoms with Gasteiger partial charge in [-0.1, -0.05) is 39.0 Å². The number of para-hydroxylation sites is 1. The summed E-state index contributed by atoms with van der Waals surface area (Å²) >= 11 is 0. The minimum atomic E-state index is -0.0592. The molecule has 0 saturated heterocycles.